The predicted molar refractivity (Wildman–Crippen MR) is 84.7 cm³/mol. The molecular formula is C11H17IN6O. The molecule has 7 N–H and O–H groups in total. The molecule has 0 saturated carbocycles. The highest BCUT2D eigenvalue weighted by atomic mass is 127. The summed E-state index contributed by atoms with van der Waals surface area (Å²) in [4.78, 5) is 4.03. The molecule has 1 aromatic carbocycles. The predicted octanol–water partition coefficient (Wildman–Crippen LogP) is 0.153. The van der Waals surface area contributed by atoms with Gasteiger partial charge < -0.3 is 21.9 Å². The monoisotopic (exact) mass is 376 g/mol. The Kier molecular flexibility index (Phi) is 6.79. The average Bonchev–Trinajstić information content (AvgIpc) is 2.36. The van der Waals surface area contributed by atoms with Gasteiger partial charge in [0.05, 0.1) is 6.61 Å². The fourth-order valence-electron chi connectivity index (χ4n) is 1.17. The topological polar surface area (TPSA) is 124 Å². The fraction of sp³-hybridized carbons (Fsp3) is 0.273. The van der Waals surface area contributed by atoms with Crippen molar-refractivity contribution in [3.63, 3.8) is 0 Å². The lowest BCUT2D eigenvalue weighted by Gasteiger charge is -2.05. The van der Waals surface area contributed by atoms with Crippen molar-refractivity contribution >= 4 is 34.5 Å². The van der Waals surface area contributed by atoms with Crippen molar-refractivity contribution in [3.05, 3.63) is 27.8 Å². The summed E-state index contributed by atoms with van der Waals surface area (Å²) in [5.74, 6) is 0.922. The van der Waals surface area contributed by atoms with Crippen molar-refractivity contribution in [2.24, 2.45) is 27.3 Å². The van der Waals surface area contributed by atoms with Crippen molar-refractivity contribution in [2.45, 2.75) is 6.42 Å². The van der Waals surface area contributed by atoms with Crippen LogP contribution in [0, 0.1) is 3.57 Å². The van der Waals surface area contributed by atoms with E-state index in [9.17, 15) is 0 Å². The third-order valence-corrected chi connectivity index (χ3v) is 2.62. The van der Waals surface area contributed by atoms with Crippen LogP contribution in [0.25, 0.3) is 0 Å². The number of hydrazone groups is 1. The number of ether oxygens (including phenoxy) is 1. The van der Waals surface area contributed by atoms with Gasteiger partial charge in [0.15, 0.2) is 0 Å². The highest BCUT2D eigenvalue weighted by molar-refractivity contribution is 14.1. The van der Waals surface area contributed by atoms with Crippen LogP contribution in [-0.4, -0.2) is 25.1 Å². The van der Waals surface area contributed by atoms with E-state index in [1.807, 2.05) is 24.3 Å². The molecule has 0 amide bonds. The molecule has 7 nitrogen and oxygen atoms in total. The van der Waals surface area contributed by atoms with Gasteiger partial charge in [-0.05, 0) is 40.8 Å². The Morgan fingerprint density at radius 2 is 2.11 bits per heavy atom. The molecule has 0 aromatic heterocycles. The molecule has 0 atom stereocenters. The first-order valence-electron chi connectivity index (χ1n) is 5.61. The Bertz CT molecular complexity index is 458. The number of guanidine groups is 2. The van der Waals surface area contributed by atoms with Crippen molar-refractivity contribution < 1.29 is 4.74 Å². The summed E-state index contributed by atoms with van der Waals surface area (Å²) in [6.45, 7) is 1.10. The molecule has 0 aliphatic rings. The van der Waals surface area contributed by atoms with Gasteiger partial charge in [0.25, 0.3) is 0 Å². The van der Waals surface area contributed by atoms with Gasteiger partial charge in [0.2, 0.25) is 11.9 Å². The maximum atomic E-state index is 5.56. The van der Waals surface area contributed by atoms with Crippen LogP contribution in [0.1, 0.15) is 6.42 Å². The molecule has 0 fully saturated rings. The summed E-state index contributed by atoms with van der Waals surface area (Å²) in [5, 5.41) is 3.52. The van der Waals surface area contributed by atoms with Gasteiger partial charge >= 0.3 is 0 Å². The quantitative estimate of drug-likeness (QED) is 0.185. The molecular weight excluding hydrogens is 359 g/mol. The number of rotatable bonds is 6. The van der Waals surface area contributed by atoms with Crippen LogP contribution in [0.15, 0.2) is 34.4 Å². The van der Waals surface area contributed by atoms with Gasteiger partial charge in [-0.25, -0.2) is 5.43 Å². The lowest BCUT2D eigenvalue weighted by atomic mass is 10.3. The molecule has 0 spiro atoms. The van der Waals surface area contributed by atoms with Gasteiger partial charge in [0, 0.05) is 16.5 Å². The second-order valence-corrected chi connectivity index (χ2v) is 4.82. The highest BCUT2D eigenvalue weighted by Gasteiger charge is 1.95. The minimum Gasteiger partial charge on any atom is -0.493 e. The minimum atomic E-state index is -0.0971. The molecule has 19 heavy (non-hydrogen) atoms. The molecule has 1 rings (SSSR count). The molecule has 0 aliphatic carbocycles. The molecule has 0 heterocycles. The van der Waals surface area contributed by atoms with Crippen molar-refractivity contribution in [2.75, 3.05) is 13.2 Å². The maximum Gasteiger partial charge on any atom is 0.209 e. The molecule has 1 aromatic rings. The fourth-order valence-corrected chi connectivity index (χ4v) is 1.68. The summed E-state index contributed by atoms with van der Waals surface area (Å²) in [5.41, 5.74) is 18.2. The summed E-state index contributed by atoms with van der Waals surface area (Å²) in [7, 11) is 0. The molecule has 0 aliphatic heterocycles. The molecule has 104 valence electrons. The van der Waals surface area contributed by atoms with Gasteiger partial charge in [-0.15, -0.1) is 5.10 Å². The standard InChI is InChI=1S/C11H17IN6O/c12-8-3-1-4-9(7-8)19-6-2-5-16-11(15)18-17-10(13)14/h1,3-4,7H,2,5-6H2,(H4,13,14,17)(H3,15,16,18). The number of aliphatic imine (C=N–C) groups is 1. The molecule has 0 unspecified atom stereocenters. The Morgan fingerprint density at radius 3 is 2.79 bits per heavy atom. The van der Waals surface area contributed by atoms with Crippen LogP contribution >= 0.6 is 22.6 Å². The lowest BCUT2D eigenvalue weighted by Crippen LogP contribution is -2.33. The van der Waals surface area contributed by atoms with Crippen LogP contribution in [0.4, 0.5) is 0 Å². The third-order valence-electron chi connectivity index (χ3n) is 1.95. The van der Waals surface area contributed by atoms with Crippen LogP contribution in [0.3, 0.4) is 0 Å². The summed E-state index contributed by atoms with van der Waals surface area (Å²) in [6, 6.07) is 7.85. The van der Waals surface area contributed by atoms with E-state index in [-0.39, 0.29) is 11.9 Å². The number of hydrogen-bond acceptors (Lipinski definition) is 3. The Labute approximate surface area is 125 Å². The van der Waals surface area contributed by atoms with Crippen LogP contribution in [-0.2, 0) is 0 Å². The second kappa shape index (κ2) is 8.40. The van der Waals surface area contributed by atoms with Crippen LogP contribution in [0.5, 0.6) is 5.75 Å². The SMILES string of the molecule is NC(N)=NNC(N)=NCCCOc1cccc(I)c1. The molecule has 0 saturated heterocycles. The molecule has 0 radical (unpaired) electrons. The van der Waals surface area contributed by atoms with Gasteiger partial charge in [-0.3, -0.25) is 4.99 Å². The van der Waals surface area contributed by atoms with Gasteiger partial charge in [-0.2, -0.15) is 0 Å². The third kappa shape index (κ3) is 7.34. The highest BCUT2D eigenvalue weighted by Crippen LogP contribution is 2.14. The van der Waals surface area contributed by atoms with Gasteiger partial charge in [-0.1, -0.05) is 6.07 Å². The van der Waals surface area contributed by atoms with E-state index < -0.39 is 0 Å². The number of hydrogen-bond donors (Lipinski definition) is 4. The zero-order valence-corrected chi connectivity index (χ0v) is 12.5. The first-order chi connectivity index (χ1) is 9.08. The second-order valence-electron chi connectivity index (χ2n) is 3.57. The normalized spacial score (nSPS) is 10.9. The van der Waals surface area contributed by atoms with Gasteiger partial charge in [0.1, 0.15) is 5.75 Å². The minimum absolute atomic E-state index is 0.0971. The van der Waals surface area contributed by atoms with E-state index in [2.05, 4.69) is 38.1 Å². The summed E-state index contributed by atoms with van der Waals surface area (Å²) in [6.07, 6.45) is 0.746. The van der Waals surface area contributed by atoms with E-state index in [1.54, 1.807) is 0 Å². The first-order valence-corrected chi connectivity index (χ1v) is 6.68. The van der Waals surface area contributed by atoms with Crippen molar-refractivity contribution in [1.82, 2.24) is 5.43 Å². The summed E-state index contributed by atoms with van der Waals surface area (Å²) < 4.78 is 6.70. The first kappa shape index (κ1) is 15.3. The lowest BCUT2D eigenvalue weighted by molar-refractivity contribution is 0.313. The molecule has 0 bridgehead atoms. The van der Waals surface area contributed by atoms with Crippen LogP contribution < -0.4 is 27.4 Å². The smallest absolute Gasteiger partial charge is 0.209 e. The largest absolute Gasteiger partial charge is 0.493 e. The number of nitrogens with zero attached hydrogens (tertiary/aromatic N) is 2. The van der Waals surface area contributed by atoms with E-state index >= 15 is 0 Å². The number of halogens is 1. The number of nitrogens with two attached hydrogens (primary N) is 3. The molecule has 8 heteroatoms. The van der Waals surface area contributed by atoms with E-state index in [1.165, 1.54) is 0 Å². The van der Waals surface area contributed by atoms with Crippen molar-refractivity contribution in [3.8, 4) is 5.75 Å². The average molecular weight is 376 g/mol. The van der Waals surface area contributed by atoms with E-state index in [0.29, 0.717) is 13.2 Å². The Hall–Kier alpha value is -1.71. The Balaban J connectivity index is 2.20. The Morgan fingerprint density at radius 1 is 1.32 bits per heavy atom. The maximum absolute atomic E-state index is 5.56. The van der Waals surface area contributed by atoms with Crippen molar-refractivity contribution in [1.29, 1.82) is 0 Å². The zero-order valence-electron chi connectivity index (χ0n) is 10.3. The van der Waals surface area contributed by atoms with E-state index in [0.717, 1.165) is 15.7 Å². The van der Waals surface area contributed by atoms with Crippen LogP contribution in [0.2, 0.25) is 0 Å². The number of benzene rings is 1. The van der Waals surface area contributed by atoms with E-state index in [4.69, 9.17) is 21.9 Å². The summed E-state index contributed by atoms with van der Waals surface area (Å²) >= 11 is 2.24. The number of nitrogens with one attached hydrogen (secondary N) is 1. The zero-order chi connectivity index (χ0) is 14.1.